The molecule has 1 aromatic carbocycles. The number of nitrogens with one attached hydrogen (secondary N) is 3. The van der Waals surface area contributed by atoms with E-state index in [1.807, 2.05) is 32.9 Å². The van der Waals surface area contributed by atoms with Gasteiger partial charge in [-0.15, -0.1) is 0 Å². The van der Waals surface area contributed by atoms with Gasteiger partial charge in [-0.2, -0.15) is 0 Å². The van der Waals surface area contributed by atoms with Gasteiger partial charge in [-0.25, -0.2) is 9.59 Å². The van der Waals surface area contributed by atoms with Crippen LogP contribution in [0.2, 0.25) is 0 Å². The molecule has 3 atom stereocenters. The van der Waals surface area contributed by atoms with Crippen LogP contribution in [-0.2, 0) is 33.8 Å². The normalized spacial score (nSPS) is 16.1. The summed E-state index contributed by atoms with van der Waals surface area (Å²) in [5.41, 5.74) is 10.0. The number of carbonyl (C=O) groups excluding carboxylic acids is 2. The second kappa shape index (κ2) is 24.4. The molecule has 0 saturated carbocycles. The number of azide groups is 1. The second-order valence-electron chi connectivity index (χ2n) is 15.5. The van der Waals surface area contributed by atoms with Crippen molar-refractivity contribution in [2.75, 3.05) is 19.7 Å². The Bertz CT molecular complexity index is 2190. The molecule has 0 spiro atoms. The van der Waals surface area contributed by atoms with E-state index in [0.717, 1.165) is 72.0 Å². The molecular formula is C42H61N9O8S. The van der Waals surface area contributed by atoms with Crippen LogP contribution in [0.5, 0.6) is 0 Å². The number of benzene rings is 1. The molecule has 328 valence electrons. The molecule has 3 heterocycles. The molecule has 1 aliphatic rings. The lowest BCUT2D eigenvalue weighted by atomic mass is 10.1. The number of aliphatic hydroxyl groups excluding tert-OH is 1. The van der Waals surface area contributed by atoms with Gasteiger partial charge in [-0.3, -0.25) is 37.9 Å². The molecule has 0 bridgehead atoms. The SMILES string of the molecule is CCc1c(Sc2cc(C)cc(C)c2)n(CCCCC(=O)NCCCCCCCCCCNC(=O)CCn2c(=O)c(C)cn([C@H]3C[C@H](N=[N+]=[N-])[C@@H](CO)O3)c2=O)c(=O)[nH]c1=O. The topological polar surface area (TPSA) is 235 Å². The number of aryl methyl sites for hydroxylation is 3. The van der Waals surface area contributed by atoms with Crippen LogP contribution in [-0.4, -0.2) is 67.4 Å². The Morgan fingerprint density at radius 3 is 2.10 bits per heavy atom. The smallest absolute Gasteiger partial charge is 0.333 e. The average molecular weight is 852 g/mol. The molecule has 4 rings (SSSR count). The number of aromatic nitrogens is 4. The summed E-state index contributed by atoms with van der Waals surface area (Å²) in [4.78, 5) is 82.6. The molecule has 1 aliphatic heterocycles. The third-order valence-corrected chi connectivity index (χ3v) is 11.7. The van der Waals surface area contributed by atoms with Gasteiger partial charge in [0.25, 0.3) is 11.1 Å². The van der Waals surface area contributed by atoms with Gasteiger partial charge >= 0.3 is 11.4 Å². The summed E-state index contributed by atoms with van der Waals surface area (Å²) in [5, 5.41) is 19.7. The van der Waals surface area contributed by atoms with Gasteiger partial charge in [0.2, 0.25) is 11.8 Å². The predicted molar refractivity (Wildman–Crippen MR) is 230 cm³/mol. The Morgan fingerprint density at radius 2 is 1.50 bits per heavy atom. The maximum Gasteiger partial charge on any atom is 0.333 e. The number of aromatic amines is 1. The number of ether oxygens (including phenoxy) is 1. The molecule has 1 saturated heterocycles. The first-order chi connectivity index (χ1) is 28.9. The minimum Gasteiger partial charge on any atom is -0.394 e. The molecule has 0 unspecified atom stereocenters. The molecule has 0 radical (unpaired) electrons. The molecule has 0 aliphatic carbocycles. The zero-order valence-corrected chi connectivity index (χ0v) is 36.2. The van der Waals surface area contributed by atoms with E-state index in [-0.39, 0.29) is 43.4 Å². The fourth-order valence-corrected chi connectivity index (χ4v) is 8.80. The number of amides is 2. The Hall–Kier alpha value is -4.90. The van der Waals surface area contributed by atoms with Crippen LogP contribution < -0.4 is 33.1 Å². The van der Waals surface area contributed by atoms with Crippen LogP contribution in [0.15, 0.2) is 58.6 Å². The number of H-pyrrole nitrogens is 1. The average Bonchev–Trinajstić information content (AvgIpc) is 3.61. The molecule has 4 N–H and O–H groups in total. The van der Waals surface area contributed by atoms with Crippen molar-refractivity contribution in [3.63, 3.8) is 0 Å². The van der Waals surface area contributed by atoms with E-state index >= 15 is 0 Å². The molecule has 17 nitrogen and oxygen atoms in total. The van der Waals surface area contributed by atoms with Crippen molar-refractivity contribution < 1.29 is 19.4 Å². The summed E-state index contributed by atoms with van der Waals surface area (Å²) >= 11 is 1.44. The lowest BCUT2D eigenvalue weighted by Crippen LogP contribution is -2.43. The molecule has 18 heteroatoms. The van der Waals surface area contributed by atoms with Gasteiger partial charge < -0.3 is 20.5 Å². The lowest BCUT2D eigenvalue weighted by molar-refractivity contribution is -0.122. The largest absolute Gasteiger partial charge is 0.394 e. The van der Waals surface area contributed by atoms with E-state index in [1.165, 1.54) is 22.5 Å². The summed E-state index contributed by atoms with van der Waals surface area (Å²) in [6.07, 6.45) is 10.1. The maximum atomic E-state index is 13.2. The molecule has 2 amide bonds. The van der Waals surface area contributed by atoms with Crippen LogP contribution >= 0.6 is 11.8 Å². The Morgan fingerprint density at radius 1 is 0.883 bits per heavy atom. The van der Waals surface area contributed by atoms with Gasteiger partial charge in [-0.1, -0.05) is 68.4 Å². The first-order valence-electron chi connectivity index (χ1n) is 21.1. The second-order valence-corrected chi connectivity index (χ2v) is 16.5. The number of nitrogens with zero attached hydrogens (tertiary/aromatic N) is 6. The number of carbonyl (C=O) groups is 2. The van der Waals surface area contributed by atoms with Gasteiger partial charge in [0.05, 0.1) is 23.8 Å². The predicted octanol–water partition coefficient (Wildman–Crippen LogP) is 5.07. The van der Waals surface area contributed by atoms with Crippen molar-refractivity contribution in [3.05, 3.63) is 98.8 Å². The monoisotopic (exact) mass is 851 g/mol. The fraction of sp³-hybridized carbons (Fsp3) is 0.619. The van der Waals surface area contributed by atoms with E-state index < -0.39 is 35.3 Å². The van der Waals surface area contributed by atoms with Crippen molar-refractivity contribution in [3.8, 4) is 0 Å². The van der Waals surface area contributed by atoms with Crippen molar-refractivity contribution in [1.82, 2.24) is 29.3 Å². The van der Waals surface area contributed by atoms with Crippen LogP contribution in [0.1, 0.15) is 119 Å². The highest BCUT2D eigenvalue weighted by Crippen LogP contribution is 2.31. The summed E-state index contributed by atoms with van der Waals surface area (Å²) in [7, 11) is 0. The molecule has 2 aromatic heterocycles. The molecule has 1 fully saturated rings. The van der Waals surface area contributed by atoms with E-state index in [2.05, 4.69) is 31.7 Å². The van der Waals surface area contributed by atoms with Crippen LogP contribution in [0.3, 0.4) is 0 Å². The van der Waals surface area contributed by atoms with E-state index in [1.54, 1.807) is 11.5 Å². The first kappa shape index (κ1) is 47.8. The Labute approximate surface area is 354 Å². The molecular weight excluding hydrogens is 791 g/mol. The zero-order chi connectivity index (χ0) is 43.6. The first-order valence-corrected chi connectivity index (χ1v) is 22.0. The van der Waals surface area contributed by atoms with Crippen molar-refractivity contribution >= 4 is 23.6 Å². The lowest BCUT2D eigenvalue weighted by Gasteiger charge is -2.17. The number of aliphatic hydroxyl groups is 1. The van der Waals surface area contributed by atoms with Gasteiger partial charge in [0, 0.05) is 72.6 Å². The van der Waals surface area contributed by atoms with Gasteiger partial charge in [0.1, 0.15) is 6.23 Å². The number of hydrogen-bond donors (Lipinski definition) is 4. The highest BCUT2D eigenvalue weighted by Gasteiger charge is 2.36. The maximum absolute atomic E-state index is 13.2. The Kier molecular flexibility index (Phi) is 19.4. The fourth-order valence-electron chi connectivity index (χ4n) is 7.44. The third-order valence-electron chi connectivity index (χ3n) is 10.6. The van der Waals surface area contributed by atoms with Crippen LogP contribution in [0.25, 0.3) is 10.4 Å². The number of rotatable bonds is 25. The third kappa shape index (κ3) is 14.1. The van der Waals surface area contributed by atoms with Crippen molar-refractivity contribution in [1.29, 1.82) is 0 Å². The van der Waals surface area contributed by atoms with E-state index in [0.29, 0.717) is 61.5 Å². The van der Waals surface area contributed by atoms with E-state index in [9.17, 15) is 33.9 Å². The summed E-state index contributed by atoms with van der Waals surface area (Å²) in [5.74, 6) is -0.259. The number of unbranched alkanes of at least 4 members (excludes halogenated alkanes) is 8. The highest BCUT2D eigenvalue weighted by atomic mass is 32.2. The summed E-state index contributed by atoms with van der Waals surface area (Å²) < 4.78 is 9.62. The minimum absolute atomic E-state index is 0.00275. The van der Waals surface area contributed by atoms with Crippen molar-refractivity contribution in [2.45, 2.75) is 159 Å². The minimum atomic E-state index is -0.819. The Balaban J connectivity index is 1.04. The summed E-state index contributed by atoms with van der Waals surface area (Å²) in [6.45, 7) is 8.59. The highest BCUT2D eigenvalue weighted by molar-refractivity contribution is 7.99. The standard InChI is InChI=1S/C42H61N9O8S/c1-5-32-38(55)46-41(57)50(40(32)60-31-23-28(2)22-29(3)24-31)20-15-12-16-35(53)44-18-13-10-8-6-7-9-11-14-19-45-36(54)17-21-49-39(56)30(4)26-51(42(49)58)37-25-33(47-48-43)34(27-52)59-37/h22-24,26,33-34,37,52H,5-21,25,27H2,1-4H3,(H,44,53)(H,45,54)(H,46,55,57)/t33-,34+,37+/m0/s1. The van der Waals surface area contributed by atoms with Crippen molar-refractivity contribution in [2.24, 2.45) is 5.11 Å². The molecule has 60 heavy (non-hydrogen) atoms. The summed E-state index contributed by atoms with van der Waals surface area (Å²) in [6, 6.07) is 5.53. The van der Waals surface area contributed by atoms with Gasteiger partial charge in [0.15, 0.2) is 0 Å². The quantitative estimate of drug-likeness (QED) is 0.0292. The zero-order valence-electron chi connectivity index (χ0n) is 35.4. The van der Waals surface area contributed by atoms with Gasteiger partial charge in [-0.05, 0) is 81.7 Å². The van der Waals surface area contributed by atoms with Crippen LogP contribution in [0, 0.1) is 20.8 Å². The molecule has 3 aromatic rings. The van der Waals surface area contributed by atoms with Crippen LogP contribution in [0.4, 0.5) is 0 Å². The van der Waals surface area contributed by atoms with E-state index in [4.69, 9.17) is 10.3 Å². The number of hydrogen-bond acceptors (Lipinski definition) is 10.